The molecule has 1 aromatic heterocycles. The number of nitrogen functional groups attached to an aromatic ring is 1. The Morgan fingerprint density at radius 2 is 1.03 bits per heavy atom. The van der Waals surface area contributed by atoms with Gasteiger partial charge in [-0.2, -0.15) is 0 Å². The minimum Gasteiger partial charge on any atom is -0.455 e. The lowest BCUT2D eigenvalue weighted by atomic mass is 9.96. The molecule has 8 aromatic carbocycles. The highest BCUT2D eigenvalue weighted by molar-refractivity contribution is 8.00. The molecule has 10 rings (SSSR count). The van der Waals surface area contributed by atoms with E-state index in [-0.39, 0.29) is 5.92 Å². The lowest BCUT2D eigenvalue weighted by molar-refractivity contribution is 0.455. The Morgan fingerprint density at radius 1 is 0.523 bits per heavy atom. The highest BCUT2D eigenvalue weighted by Crippen LogP contribution is 2.54. The van der Waals surface area contributed by atoms with E-state index >= 15 is 0 Å². The van der Waals surface area contributed by atoms with Crippen molar-refractivity contribution in [1.29, 1.82) is 0 Å². The molecule has 0 saturated carbocycles. The Bertz CT molecular complexity index is 3190. The van der Waals surface area contributed by atoms with Crippen molar-refractivity contribution >= 4 is 34.7 Å². The number of fused-ring (bicyclic) bond motifs is 2. The first-order chi connectivity index (χ1) is 32.0. The van der Waals surface area contributed by atoms with Crippen LogP contribution in [0.25, 0.3) is 56.4 Å². The summed E-state index contributed by atoms with van der Waals surface area (Å²) < 4.78 is 6.73. The van der Waals surface area contributed by atoms with Gasteiger partial charge in [0, 0.05) is 39.1 Å². The Balaban J connectivity index is 1.20. The molecule has 9 aromatic rings. The topological polar surface area (TPSA) is 98.6 Å². The molecule has 0 spiro atoms. The Labute approximate surface area is 383 Å². The van der Waals surface area contributed by atoms with Gasteiger partial charge in [0.25, 0.3) is 0 Å². The molecule has 8 heteroatoms. The van der Waals surface area contributed by atoms with Crippen molar-refractivity contribution < 1.29 is 4.74 Å². The molecule has 0 saturated heterocycles. The maximum atomic E-state index is 6.73. The van der Waals surface area contributed by atoms with Crippen LogP contribution in [0.1, 0.15) is 31.4 Å². The van der Waals surface area contributed by atoms with Gasteiger partial charge in [-0.1, -0.05) is 183 Å². The van der Waals surface area contributed by atoms with E-state index in [1.807, 2.05) is 103 Å². The average Bonchev–Trinajstić information content (AvgIpc) is 3.37. The van der Waals surface area contributed by atoms with Crippen LogP contribution in [0.2, 0.25) is 0 Å². The lowest BCUT2D eigenvalue weighted by Gasteiger charge is -2.24. The fourth-order valence-corrected chi connectivity index (χ4v) is 9.09. The number of rotatable bonds is 10. The van der Waals surface area contributed by atoms with Crippen LogP contribution in [0.3, 0.4) is 0 Å². The molecule has 0 fully saturated rings. The normalized spacial score (nSPS) is 12.8. The molecule has 314 valence electrons. The van der Waals surface area contributed by atoms with Crippen molar-refractivity contribution in [3.63, 3.8) is 0 Å². The molecule has 1 atom stereocenters. The van der Waals surface area contributed by atoms with Crippen molar-refractivity contribution in [3.8, 4) is 67.9 Å². The zero-order chi connectivity index (χ0) is 44.1. The summed E-state index contributed by atoms with van der Waals surface area (Å²) in [6.07, 6.45) is 0.913. The van der Waals surface area contributed by atoms with Gasteiger partial charge in [-0.15, -0.1) is 0 Å². The van der Waals surface area contributed by atoms with Crippen LogP contribution in [0, 0.1) is 5.92 Å². The van der Waals surface area contributed by atoms with Gasteiger partial charge in [-0.3, -0.25) is 0 Å². The van der Waals surface area contributed by atoms with Crippen molar-refractivity contribution in [1.82, 2.24) is 15.0 Å². The summed E-state index contributed by atoms with van der Waals surface area (Å²) in [5.41, 5.74) is 17.0. The van der Waals surface area contributed by atoms with Gasteiger partial charge < -0.3 is 10.5 Å². The number of aromatic nitrogens is 3. The third-order valence-corrected chi connectivity index (χ3v) is 12.7. The SMILES string of the molecule is CCC(C)C(=NC(=Nc1cc(-c2nc(-c3ccccc3)nc(-c3ccc(N)cc3)n2)ccc1-c1cccc2c1Sc1c(cccc1-c1ccccc1)O2)c1ccccc1)c1ccccc1. The first-order valence-corrected chi connectivity index (χ1v) is 22.6. The van der Waals surface area contributed by atoms with E-state index in [1.54, 1.807) is 11.8 Å². The number of nitrogens with zero attached hydrogens (tertiary/aromatic N) is 5. The Kier molecular flexibility index (Phi) is 11.6. The largest absolute Gasteiger partial charge is 0.455 e. The third kappa shape index (κ3) is 8.72. The molecular formula is C57H44N6OS. The summed E-state index contributed by atoms with van der Waals surface area (Å²) in [5, 5.41) is 0. The highest BCUT2D eigenvalue weighted by Gasteiger charge is 2.26. The number of ether oxygens (including phenoxy) is 1. The van der Waals surface area contributed by atoms with Crippen molar-refractivity contribution in [2.75, 3.05) is 5.73 Å². The van der Waals surface area contributed by atoms with Crippen molar-refractivity contribution in [2.24, 2.45) is 15.9 Å². The van der Waals surface area contributed by atoms with Crippen LogP contribution in [-0.2, 0) is 0 Å². The van der Waals surface area contributed by atoms with Gasteiger partial charge in [0.05, 0.1) is 21.2 Å². The lowest BCUT2D eigenvalue weighted by Crippen LogP contribution is -2.15. The Hall–Kier alpha value is -7.94. The van der Waals surface area contributed by atoms with E-state index in [1.165, 1.54) is 0 Å². The van der Waals surface area contributed by atoms with Gasteiger partial charge >= 0.3 is 0 Å². The zero-order valence-electron chi connectivity index (χ0n) is 36.0. The van der Waals surface area contributed by atoms with E-state index < -0.39 is 0 Å². The predicted molar refractivity (Wildman–Crippen MR) is 267 cm³/mol. The molecule has 2 heterocycles. The summed E-state index contributed by atoms with van der Waals surface area (Å²) in [6.45, 7) is 4.42. The number of anilines is 1. The number of nitrogens with two attached hydrogens (primary N) is 1. The third-order valence-electron chi connectivity index (χ3n) is 11.5. The minimum absolute atomic E-state index is 0.166. The van der Waals surface area contributed by atoms with Gasteiger partial charge in [0.1, 0.15) is 11.5 Å². The first-order valence-electron chi connectivity index (χ1n) is 21.8. The highest BCUT2D eigenvalue weighted by atomic mass is 32.2. The van der Waals surface area contributed by atoms with Gasteiger partial charge in [0.2, 0.25) is 0 Å². The van der Waals surface area contributed by atoms with Crippen LogP contribution >= 0.6 is 11.8 Å². The summed E-state index contributed by atoms with van der Waals surface area (Å²) >= 11 is 1.72. The first kappa shape index (κ1) is 41.1. The molecule has 0 amide bonds. The van der Waals surface area contributed by atoms with E-state index in [2.05, 4.69) is 111 Å². The molecular weight excluding hydrogens is 817 g/mol. The van der Waals surface area contributed by atoms with Crippen LogP contribution in [-0.4, -0.2) is 26.5 Å². The summed E-state index contributed by atoms with van der Waals surface area (Å²) in [5.74, 6) is 3.98. The van der Waals surface area contributed by atoms with E-state index in [4.69, 9.17) is 35.4 Å². The van der Waals surface area contributed by atoms with Gasteiger partial charge in [0.15, 0.2) is 23.3 Å². The molecule has 7 nitrogen and oxygen atoms in total. The predicted octanol–water partition coefficient (Wildman–Crippen LogP) is 14.7. The summed E-state index contributed by atoms with van der Waals surface area (Å²) in [4.78, 5) is 28.3. The van der Waals surface area contributed by atoms with Crippen molar-refractivity contribution in [3.05, 3.63) is 211 Å². The molecule has 1 unspecified atom stereocenters. The quantitative estimate of drug-likeness (QED) is 0.0835. The fraction of sp³-hybridized carbons (Fsp3) is 0.0702. The van der Waals surface area contributed by atoms with E-state index in [9.17, 15) is 0 Å². The fourth-order valence-electron chi connectivity index (χ4n) is 7.89. The maximum Gasteiger partial charge on any atom is 0.164 e. The standard InChI is InChI=1S/C57H44N6OS/c1-3-37(2)51(39-20-10-5-11-21-39)60-54(40-22-12-6-13-23-40)59-48-36-43(57-62-55(41-24-14-7-15-25-41)61-56(63-57)42-30-33-44(58)34-31-42)32-35-46(48)47-27-17-29-50-53(47)65-52-45(26-16-28-49(52)64-50)38-18-8-4-9-19-38/h4-37H,3,58H2,1-2H3. The second kappa shape index (κ2) is 18.4. The number of benzene rings is 8. The van der Waals surface area contributed by atoms with Gasteiger partial charge in [-0.25, -0.2) is 24.9 Å². The molecule has 65 heavy (non-hydrogen) atoms. The maximum absolute atomic E-state index is 6.73. The molecule has 0 aliphatic carbocycles. The average molecular weight is 861 g/mol. The number of hydrogen-bond acceptors (Lipinski definition) is 7. The molecule has 0 radical (unpaired) electrons. The van der Waals surface area contributed by atoms with Crippen LogP contribution in [0.15, 0.2) is 220 Å². The van der Waals surface area contributed by atoms with Crippen molar-refractivity contribution in [2.45, 2.75) is 30.1 Å². The second-order valence-corrected chi connectivity index (χ2v) is 16.9. The summed E-state index contributed by atoms with van der Waals surface area (Å²) in [6, 6.07) is 67.4. The molecule has 0 bridgehead atoms. The summed E-state index contributed by atoms with van der Waals surface area (Å²) in [7, 11) is 0. The molecule has 2 N–H and O–H groups in total. The van der Waals surface area contributed by atoms with E-state index in [0.29, 0.717) is 34.7 Å². The monoisotopic (exact) mass is 860 g/mol. The second-order valence-electron chi connectivity index (χ2n) is 15.8. The van der Waals surface area contributed by atoms with Crippen LogP contribution in [0.4, 0.5) is 11.4 Å². The molecule has 1 aliphatic heterocycles. The van der Waals surface area contributed by atoms with Crippen LogP contribution < -0.4 is 10.5 Å². The van der Waals surface area contributed by atoms with Gasteiger partial charge in [-0.05, 0) is 71.5 Å². The zero-order valence-corrected chi connectivity index (χ0v) is 36.8. The molecule has 1 aliphatic rings. The smallest absolute Gasteiger partial charge is 0.164 e. The number of amidine groups is 1. The minimum atomic E-state index is 0.166. The van der Waals surface area contributed by atoms with Crippen LogP contribution in [0.5, 0.6) is 11.5 Å². The number of aliphatic imine (C=N–C) groups is 2. The number of hydrogen-bond donors (Lipinski definition) is 1. The van der Waals surface area contributed by atoms with E-state index in [0.717, 1.165) is 83.5 Å². The Morgan fingerprint density at radius 3 is 1.65 bits per heavy atom.